The molecule has 0 aliphatic carbocycles. The smallest absolute Gasteiger partial charge is 0.364 e. The maximum atomic E-state index is 13.1. The molecule has 0 spiro atoms. The number of carbonyl (C=O) groups excluding carboxylic acids is 3. The molecule has 6 heterocycles. The van der Waals surface area contributed by atoms with Crippen LogP contribution >= 0.6 is 0 Å². The first-order valence-electron chi connectivity index (χ1n) is 27.4. The van der Waals surface area contributed by atoms with Crippen LogP contribution in [-0.4, -0.2) is 372 Å². The van der Waals surface area contributed by atoms with E-state index in [0.717, 1.165) is 20.8 Å². The molecule has 6 rings (SSSR count). The summed E-state index contributed by atoms with van der Waals surface area (Å²) >= 11 is 0. The molecule has 40 nitrogen and oxygen atoms in total. The van der Waals surface area contributed by atoms with Gasteiger partial charge in [0.2, 0.25) is 17.7 Å². The van der Waals surface area contributed by atoms with Gasteiger partial charge in [0.05, 0.1) is 63.9 Å². The van der Waals surface area contributed by atoms with Crippen LogP contribution in [0.4, 0.5) is 0 Å². The number of carboxylic acids is 2. The fourth-order valence-corrected chi connectivity index (χ4v) is 10.9. The summed E-state index contributed by atoms with van der Waals surface area (Å²) in [5.41, 5.74) is 0. The number of hydrogen-bond acceptors (Lipinski definition) is 35. The molecule has 0 saturated carbocycles. The van der Waals surface area contributed by atoms with E-state index in [2.05, 4.69) is 16.0 Å². The third-order valence-electron chi connectivity index (χ3n) is 15.6. The molecule has 0 aromatic rings. The van der Waals surface area contributed by atoms with E-state index in [1.54, 1.807) is 0 Å². The summed E-state index contributed by atoms with van der Waals surface area (Å²) < 4.78 is 62.8. The van der Waals surface area contributed by atoms with Gasteiger partial charge in [0.25, 0.3) is 11.6 Å². The molecule has 6 saturated heterocycles. The topological polar surface area (TPSA) is 648 Å². The van der Waals surface area contributed by atoms with Crippen molar-refractivity contribution in [3.8, 4) is 0 Å². The van der Waals surface area contributed by atoms with Crippen LogP contribution in [0.2, 0.25) is 0 Å². The van der Waals surface area contributed by atoms with Gasteiger partial charge >= 0.3 is 11.9 Å². The standard InChI is InChI=1S/C48H79N3O37/c1-12(56)49-23-15(59)4-47(45(74)75,87-38(23)26(63)17(61)6-52)78-10-21-28(65)31(68)34(71)43(82-21)85-37-25(51-14(3)58)42(81-19(8-54)29(37)66)86-40-30(67)22(83-44(35(40)72)84-36-20(9-55)80-41(73)33(70)32(36)69)11-79-48(46(76)77)5-16(60)24(50-13(2)57)39(88-48)27(64)18(62)7-53/h15-44,52-55,59-73H,4-11H2,1-3H3,(H,49,56)(H,50,57)(H,51,58)(H,74,75)(H,76,77)/t15-,16-,17+,18+,19+,20+,21+,22+,23+,24+,25+,26+,27+,28-,29+,30-,31-,32+,33+,34+,35+,36+,37+,38+,39+,40-,41?,42-,43-,44-,47+,48+/m0/s1. The van der Waals surface area contributed by atoms with E-state index in [0.29, 0.717) is 0 Å². The Kier molecular flexibility index (Phi) is 25.6. The summed E-state index contributed by atoms with van der Waals surface area (Å²) in [5.74, 6) is -13.0. The van der Waals surface area contributed by atoms with Crippen molar-refractivity contribution in [3.05, 3.63) is 0 Å². The summed E-state index contributed by atoms with van der Waals surface area (Å²) in [4.78, 5) is 63.2. The number of nitrogens with one attached hydrogen (secondary N) is 3. The van der Waals surface area contributed by atoms with E-state index in [-0.39, 0.29) is 0 Å². The van der Waals surface area contributed by atoms with Crippen LogP contribution in [-0.2, 0) is 76.1 Å². The third kappa shape index (κ3) is 16.0. The summed E-state index contributed by atoms with van der Waals surface area (Å²) in [6.07, 6.45) is -60.7. The molecule has 24 N–H and O–H groups in total. The van der Waals surface area contributed by atoms with Crippen molar-refractivity contribution in [3.63, 3.8) is 0 Å². The second kappa shape index (κ2) is 30.7. The highest BCUT2D eigenvalue weighted by Crippen LogP contribution is 2.39. The molecule has 88 heavy (non-hydrogen) atoms. The lowest BCUT2D eigenvalue weighted by Crippen LogP contribution is -2.70. The van der Waals surface area contributed by atoms with E-state index in [1.807, 2.05) is 0 Å². The van der Waals surface area contributed by atoms with Gasteiger partial charge in [0.1, 0.15) is 134 Å². The van der Waals surface area contributed by atoms with Gasteiger partial charge in [-0.25, -0.2) is 9.59 Å². The Hall–Kier alpha value is -3.85. The average Bonchev–Trinajstić information content (AvgIpc) is 2.32. The number of rotatable bonds is 25. The lowest BCUT2D eigenvalue weighted by atomic mass is 9.88. The molecule has 508 valence electrons. The Labute approximate surface area is 496 Å². The Morgan fingerprint density at radius 1 is 0.455 bits per heavy atom. The van der Waals surface area contributed by atoms with Crippen LogP contribution in [0.1, 0.15) is 33.6 Å². The molecular weight excluding hydrogens is 1210 g/mol. The number of amides is 3. The number of aliphatic hydroxyl groups excluding tert-OH is 19. The van der Waals surface area contributed by atoms with Gasteiger partial charge in [-0.3, -0.25) is 14.4 Å². The molecule has 0 aromatic carbocycles. The second-order valence-corrected chi connectivity index (χ2v) is 21.9. The summed E-state index contributed by atoms with van der Waals surface area (Å²) in [7, 11) is 0. The molecule has 40 heteroatoms. The van der Waals surface area contributed by atoms with Crippen molar-refractivity contribution in [2.45, 2.75) is 229 Å². The minimum atomic E-state index is -3.14. The minimum absolute atomic E-state index is 0.826. The zero-order valence-corrected chi connectivity index (χ0v) is 46.9. The number of carbonyl (C=O) groups is 5. The van der Waals surface area contributed by atoms with Crippen LogP contribution in [0.3, 0.4) is 0 Å². The van der Waals surface area contributed by atoms with Gasteiger partial charge in [-0.05, 0) is 0 Å². The maximum absolute atomic E-state index is 13.1. The predicted octanol–water partition coefficient (Wildman–Crippen LogP) is -15.3. The van der Waals surface area contributed by atoms with E-state index < -0.39 is 277 Å². The summed E-state index contributed by atoms with van der Waals surface area (Å²) in [5, 5.41) is 233. The van der Waals surface area contributed by atoms with Crippen LogP contribution < -0.4 is 16.0 Å². The third-order valence-corrected chi connectivity index (χ3v) is 15.6. The zero-order valence-electron chi connectivity index (χ0n) is 46.9. The van der Waals surface area contributed by atoms with E-state index in [4.69, 9.17) is 52.1 Å². The Morgan fingerprint density at radius 3 is 1.28 bits per heavy atom. The van der Waals surface area contributed by atoms with E-state index in [1.165, 1.54) is 0 Å². The SMILES string of the molecule is CC(=O)N[C@H]1[C@H](O[C@H]2[C@@H](O)[C@@H](CO[C@]3(C(=O)O)C[C@H](O)[C@@H](NC(C)=O)[C@H]([C@H](O)[C@H](O)CO)O3)O[C@@H](O[C@H]3[C@H](O)[C@@H](O)C(O)O[C@@H]3CO)[C@@H]2O)O[C@H](CO)[C@@H](O)[C@@H]1O[C@@H]1O[C@H](CO[C@]2(C(=O)O)C[C@H](O)[C@@H](NC(C)=O)[C@H]([C@H](O)[C@H](O)CO)O2)[C@H](O)[C@H](O)[C@H]1O. The molecule has 32 atom stereocenters. The maximum Gasteiger partial charge on any atom is 0.364 e. The second-order valence-electron chi connectivity index (χ2n) is 21.9. The molecule has 1 unspecified atom stereocenters. The molecule has 6 aliphatic heterocycles. The van der Waals surface area contributed by atoms with Gasteiger partial charge < -0.3 is 175 Å². The monoisotopic (exact) mass is 1290 g/mol. The Balaban J connectivity index is 1.32. The van der Waals surface area contributed by atoms with E-state index >= 15 is 0 Å². The first-order valence-corrected chi connectivity index (χ1v) is 27.4. The molecule has 0 bridgehead atoms. The predicted molar refractivity (Wildman–Crippen MR) is 268 cm³/mol. The minimum Gasteiger partial charge on any atom is -0.477 e. The van der Waals surface area contributed by atoms with Crippen LogP contribution in [0, 0.1) is 0 Å². The number of carboxylic acid groups (broad SMARTS) is 2. The van der Waals surface area contributed by atoms with Gasteiger partial charge in [0.15, 0.2) is 25.2 Å². The van der Waals surface area contributed by atoms with Crippen molar-refractivity contribution < 1.29 is 183 Å². The summed E-state index contributed by atoms with van der Waals surface area (Å²) in [6.45, 7) is -4.21. The lowest BCUT2D eigenvalue weighted by Gasteiger charge is -2.50. The number of hydrogen-bond donors (Lipinski definition) is 24. The van der Waals surface area contributed by atoms with Crippen molar-refractivity contribution >= 4 is 29.7 Å². The highest BCUT2D eigenvalue weighted by molar-refractivity contribution is 5.77. The Morgan fingerprint density at radius 2 is 0.852 bits per heavy atom. The van der Waals surface area contributed by atoms with Gasteiger partial charge in [0, 0.05) is 33.6 Å². The zero-order chi connectivity index (χ0) is 65.8. The molecule has 0 radical (unpaired) electrons. The largest absolute Gasteiger partial charge is 0.477 e. The quantitative estimate of drug-likeness (QED) is 0.0404. The number of aliphatic carboxylic acids is 2. The van der Waals surface area contributed by atoms with Gasteiger partial charge in [-0.2, -0.15) is 0 Å². The van der Waals surface area contributed by atoms with Crippen molar-refractivity contribution in [2.75, 3.05) is 39.6 Å². The van der Waals surface area contributed by atoms with Gasteiger partial charge in [-0.1, -0.05) is 0 Å². The number of aliphatic hydroxyl groups is 19. The molecule has 0 aromatic heterocycles. The van der Waals surface area contributed by atoms with Crippen LogP contribution in [0.15, 0.2) is 0 Å². The van der Waals surface area contributed by atoms with Crippen LogP contribution in [0.25, 0.3) is 0 Å². The fourth-order valence-electron chi connectivity index (χ4n) is 10.9. The lowest BCUT2D eigenvalue weighted by molar-refractivity contribution is -0.385. The highest BCUT2D eigenvalue weighted by Gasteiger charge is 2.61. The normalized spacial score (nSPS) is 44.6. The average molecular weight is 1290 g/mol. The van der Waals surface area contributed by atoms with Crippen molar-refractivity contribution in [1.29, 1.82) is 0 Å². The highest BCUT2D eigenvalue weighted by atomic mass is 16.8. The Bertz CT molecular complexity index is 2320. The van der Waals surface area contributed by atoms with Gasteiger partial charge in [-0.15, -0.1) is 0 Å². The summed E-state index contributed by atoms with van der Waals surface area (Å²) in [6, 6.07) is -5.36. The van der Waals surface area contributed by atoms with Crippen LogP contribution in [0.5, 0.6) is 0 Å². The molecule has 3 amide bonds. The van der Waals surface area contributed by atoms with Crippen molar-refractivity contribution in [1.82, 2.24) is 16.0 Å². The number of ether oxygens (including phenoxy) is 11. The first-order chi connectivity index (χ1) is 41.2. The molecule has 6 fully saturated rings. The molecular formula is C48H79N3O37. The fraction of sp³-hybridized carbons (Fsp3) is 0.896. The van der Waals surface area contributed by atoms with Crippen molar-refractivity contribution in [2.24, 2.45) is 0 Å². The van der Waals surface area contributed by atoms with E-state index in [9.17, 15) is 131 Å². The molecule has 6 aliphatic rings. The first kappa shape index (κ1) is 73.2.